The Morgan fingerprint density at radius 3 is 2.53 bits per heavy atom. The molecule has 2 N–H and O–H groups in total. The lowest BCUT2D eigenvalue weighted by molar-refractivity contribution is -0.141. The summed E-state index contributed by atoms with van der Waals surface area (Å²) in [4.78, 5) is 21.9. The van der Waals surface area contributed by atoms with Gasteiger partial charge in [0.1, 0.15) is 6.04 Å². The Labute approximate surface area is 101 Å². The van der Waals surface area contributed by atoms with Crippen molar-refractivity contribution in [3.8, 4) is 0 Å². The lowest BCUT2D eigenvalue weighted by Gasteiger charge is -2.08. The SMILES string of the molecule is CC(NC(=O)CCCc1ccccc1)C(=O)O. The van der Waals surface area contributed by atoms with Crippen LogP contribution in [0, 0.1) is 0 Å². The van der Waals surface area contributed by atoms with Crippen LogP contribution in [-0.2, 0) is 16.0 Å². The van der Waals surface area contributed by atoms with Gasteiger partial charge >= 0.3 is 5.97 Å². The van der Waals surface area contributed by atoms with E-state index in [1.54, 1.807) is 0 Å². The van der Waals surface area contributed by atoms with Gasteiger partial charge in [0.2, 0.25) is 5.91 Å². The third kappa shape index (κ3) is 5.15. The summed E-state index contributed by atoms with van der Waals surface area (Å²) in [5.41, 5.74) is 1.19. The zero-order valence-corrected chi connectivity index (χ0v) is 9.85. The first kappa shape index (κ1) is 13.2. The molecular weight excluding hydrogens is 218 g/mol. The first-order valence-electron chi connectivity index (χ1n) is 5.65. The highest BCUT2D eigenvalue weighted by molar-refractivity contribution is 5.83. The van der Waals surface area contributed by atoms with Gasteiger partial charge in [-0.1, -0.05) is 30.3 Å². The fourth-order valence-corrected chi connectivity index (χ4v) is 1.47. The van der Waals surface area contributed by atoms with Crippen LogP contribution in [0.2, 0.25) is 0 Å². The van der Waals surface area contributed by atoms with Crippen LogP contribution in [0.4, 0.5) is 0 Å². The van der Waals surface area contributed by atoms with E-state index in [0.717, 1.165) is 12.8 Å². The van der Waals surface area contributed by atoms with Crippen LogP contribution < -0.4 is 5.32 Å². The van der Waals surface area contributed by atoms with E-state index in [-0.39, 0.29) is 5.91 Å². The largest absolute Gasteiger partial charge is 0.480 e. The number of hydrogen-bond donors (Lipinski definition) is 2. The van der Waals surface area contributed by atoms with Crippen LogP contribution in [-0.4, -0.2) is 23.0 Å². The number of benzene rings is 1. The van der Waals surface area contributed by atoms with Crippen molar-refractivity contribution < 1.29 is 14.7 Å². The molecule has 92 valence electrons. The van der Waals surface area contributed by atoms with Crippen LogP contribution in [0.5, 0.6) is 0 Å². The second kappa shape index (κ2) is 6.68. The highest BCUT2D eigenvalue weighted by Gasteiger charge is 2.13. The van der Waals surface area contributed by atoms with E-state index in [4.69, 9.17) is 5.11 Å². The molecule has 0 aromatic heterocycles. The molecule has 0 saturated carbocycles. The predicted octanol–water partition coefficient (Wildman–Crippen LogP) is 1.60. The summed E-state index contributed by atoms with van der Waals surface area (Å²) in [6.07, 6.45) is 1.91. The third-order valence-corrected chi connectivity index (χ3v) is 2.46. The Morgan fingerprint density at radius 1 is 1.29 bits per heavy atom. The molecule has 1 rings (SSSR count). The van der Waals surface area contributed by atoms with Gasteiger partial charge in [0.25, 0.3) is 0 Å². The highest BCUT2D eigenvalue weighted by atomic mass is 16.4. The second-order valence-electron chi connectivity index (χ2n) is 3.97. The molecule has 1 amide bonds. The zero-order chi connectivity index (χ0) is 12.7. The maximum absolute atomic E-state index is 11.4. The number of amides is 1. The van der Waals surface area contributed by atoms with Crippen molar-refractivity contribution in [2.45, 2.75) is 32.2 Å². The zero-order valence-electron chi connectivity index (χ0n) is 9.85. The van der Waals surface area contributed by atoms with Crippen LogP contribution in [0.1, 0.15) is 25.3 Å². The molecule has 0 aliphatic carbocycles. The first-order chi connectivity index (χ1) is 8.09. The van der Waals surface area contributed by atoms with E-state index in [2.05, 4.69) is 5.32 Å². The number of aliphatic carboxylic acids is 1. The lowest BCUT2D eigenvalue weighted by atomic mass is 10.1. The summed E-state index contributed by atoms with van der Waals surface area (Å²) in [7, 11) is 0. The molecular formula is C13H17NO3. The van der Waals surface area contributed by atoms with E-state index >= 15 is 0 Å². The normalized spacial score (nSPS) is 11.8. The first-order valence-corrected chi connectivity index (χ1v) is 5.65. The summed E-state index contributed by atoms with van der Waals surface area (Å²) in [6, 6.07) is 9.07. The minimum Gasteiger partial charge on any atom is -0.480 e. The molecule has 4 nitrogen and oxygen atoms in total. The third-order valence-electron chi connectivity index (χ3n) is 2.46. The molecule has 1 atom stereocenters. The topological polar surface area (TPSA) is 66.4 Å². The number of carbonyl (C=O) groups is 2. The molecule has 1 aromatic rings. The van der Waals surface area contributed by atoms with Crippen molar-refractivity contribution in [1.29, 1.82) is 0 Å². The molecule has 0 fully saturated rings. The second-order valence-corrected chi connectivity index (χ2v) is 3.97. The average Bonchev–Trinajstić information content (AvgIpc) is 2.30. The van der Waals surface area contributed by atoms with E-state index in [9.17, 15) is 9.59 Å². The average molecular weight is 235 g/mol. The monoisotopic (exact) mass is 235 g/mol. The van der Waals surface area contributed by atoms with Crippen molar-refractivity contribution >= 4 is 11.9 Å². The Hall–Kier alpha value is -1.84. The summed E-state index contributed by atoms with van der Waals surface area (Å²) >= 11 is 0. The Morgan fingerprint density at radius 2 is 1.94 bits per heavy atom. The molecule has 0 spiro atoms. The van der Waals surface area contributed by atoms with Gasteiger partial charge in [-0.05, 0) is 25.3 Å². The smallest absolute Gasteiger partial charge is 0.325 e. The number of carboxylic acids is 1. The fourth-order valence-electron chi connectivity index (χ4n) is 1.47. The van der Waals surface area contributed by atoms with E-state index in [1.807, 2.05) is 30.3 Å². The summed E-state index contributed by atoms with van der Waals surface area (Å²) in [5.74, 6) is -1.22. The van der Waals surface area contributed by atoms with Crippen molar-refractivity contribution in [3.63, 3.8) is 0 Å². The molecule has 0 heterocycles. The quantitative estimate of drug-likeness (QED) is 0.787. The standard InChI is InChI=1S/C13H17NO3/c1-10(13(16)17)14-12(15)9-5-8-11-6-3-2-4-7-11/h2-4,6-7,10H,5,8-9H2,1H3,(H,14,15)(H,16,17). The van der Waals surface area contributed by atoms with Crippen molar-refractivity contribution in [1.82, 2.24) is 5.32 Å². The van der Waals surface area contributed by atoms with Gasteiger partial charge in [-0.2, -0.15) is 0 Å². The summed E-state index contributed by atoms with van der Waals surface area (Å²) in [5, 5.41) is 11.0. The lowest BCUT2D eigenvalue weighted by Crippen LogP contribution is -2.38. The van der Waals surface area contributed by atoms with E-state index in [1.165, 1.54) is 12.5 Å². The maximum atomic E-state index is 11.4. The minimum atomic E-state index is -1.01. The molecule has 1 unspecified atom stereocenters. The van der Waals surface area contributed by atoms with Gasteiger partial charge in [0, 0.05) is 6.42 Å². The minimum absolute atomic E-state index is 0.212. The predicted molar refractivity (Wildman–Crippen MR) is 64.6 cm³/mol. The highest BCUT2D eigenvalue weighted by Crippen LogP contribution is 2.04. The summed E-state index contributed by atoms with van der Waals surface area (Å²) < 4.78 is 0. The van der Waals surface area contributed by atoms with Crippen molar-refractivity contribution in [3.05, 3.63) is 35.9 Å². The molecule has 17 heavy (non-hydrogen) atoms. The fraction of sp³-hybridized carbons (Fsp3) is 0.385. The van der Waals surface area contributed by atoms with Gasteiger partial charge in [-0.25, -0.2) is 0 Å². The number of hydrogen-bond acceptors (Lipinski definition) is 2. The number of carbonyl (C=O) groups excluding carboxylic acids is 1. The van der Waals surface area contributed by atoms with Crippen LogP contribution >= 0.6 is 0 Å². The van der Waals surface area contributed by atoms with Crippen LogP contribution in [0.3, 0.4) is 0 Å². The van der Waals surface area contributed by atoms with Gasteiger partial charge < -0.3 is 10.4 Å². The Kier molecular flexibility index (Phi) is 5.20. The molecule has 0 bridgehead atoms. The van der Waals surface area contributed by atoms with E-state index < -0.39 is 12.0 Å². The Balaban J connectivity index is 2.23. The van der Waals surface area contributed by atoms with Gasteiger partial charge in [0.15, 0.2) is 0 Å². The molecule has 0 saturated heterocycles. The van der Waals surface area contributed by atoms with Gasteiger partial charge in [-0.3, -0.25) is 9.59 Å². The van der Waals surface area contributed by atoms with Crippen molar-refractivity contribution in [2.75, 3.05) is 0 Å². The molecule has 0 aliphatic rings. The molecule has 0 aliphatic heterocycles. The number of nitrogens with one attached hydrogen (secondary N) is 1. The molecule has 4 heteroatoms. The number of rotatable bonds is 6. The number of aryl methyl sites for hydroxylation is 1. The maximum Gasteiger partial charge on any atom is 0.325 e. The molecule has 1 aromatic carbocycles. The van der Waals surface area contributed by atoms with Gasteiger partial charge in [-0.15, -0.1) is 0 Å². The van der Waals surface area contributed by atoms with Crippen molar-refractivity contribution in [2.24, 2.45) is 0 Å². The van der Waals surface area contributed by atoms with Gasteiger partial charge in [0.05, 0.1) is 0 Å². The van der Waals surface area contributed by atoms with Crippen LogP contribution in [0.25, 0.3) is 0 Å². The summed E-state index contributed by atoms with van der Waals surface area (Å²) in [6.45, 7) is 1.46. The number of carboxylic acid groups (broad SMARTS) is 1. The Bertz CT molecular complexity index is 376. The van der Waals surface area contributed by atoms with Crippen LogP contribution in [0.15, 0.2) is 30.3 Å². The van der Waals surface area contributed by atoms with E-state index in [0.29, 0.717) is 6.42 Å². The molecule has 0 radical (unpaired) electrons.